The van der Waals surface area contributed by atoms with Crippen LogP contribution in [-0.2, 0) is 11.3 Å². The van der Waals surface area contributed by atoms with Crippen molar-refractivity contribution >= 4 is 5.91 Å². The Labute approximate surface area is 173 Å². The number of carbonyl (C=O) groups is 1. The van der Waals surface area contributed by atoms with Crippen molar-refractivity contribution in [3.63, 3.8) is 0 Å². The molecule has 2 aromatic carbocycles. The fourth-order valence-electron chi connectivity index (χ4n) is 5.05. The quantitative estimate of drug-likeness (QED) is 0.776. The maximum Gasteiger partial charge on any atom is 0.219 e. The van der Waals surface area contributed by atoms with Gasteiger partial charge in [0.1, 0.15) is 11.5 Å². The van der Waals surface area contributed by atoms with Crippen LogP contribution in [0.3, 0.4) is 0 Å². The first-order valence-corrected chi connectivity index (χ1v) is 10.4. The molecular weight excluding hydrogens is 364 g/mol. The van der Waals surface area contributed by atoms with Crippen LogP contribution in [0.15, 0.2) is 48.5 Å². The van der Waals surface area contributed by atoms with E-state index in [1.54, 1.807) is 21.1 Å². The Bertz CT molecular complexity index is 834. The molecule has 5 nitrogen and oxygen atoms in total. The Morgan fingerprint density at radius 2 is 1.62 bits per heavy atom. The lowest BCUT2D eigenvalue weighted by Crippen LogP contribution is -2.52. The van der Waals surface area contributed by atoms with Gasteiger partial charge < -0.3 is 14.4 Å². The average Bonchev–Trinajstić information content (AvgIpc) is 3.12. The fourth-order valence-corrected chi connectivity index (χ4v) is 5.05. The van der Waals surface area contributed by atoms with Gasteiger partial charge in [-0.2, -0.15) is 0 Å². The highest BCUT2D eigenvalue weighted by Gasteiger charge is 2.47. The van der Waals surface area contributed by atoms with E-state index in [1.807, 2.05) is 24.3 Å². The number of piperidine rings is 1. The van der Waals surface area contributed by atoms with Gasteiger partial charge in [-0.05, 0) is 48.2 Å². The summed E-state index contributed by atoms with van der Waals surface area (Å²) in [5, 5.41) is 0. The molecule has 0 unspecified atom stereocenters. The monoisotopic (exact) mass is 394 g/mol. The molecule has 0 spiro atoms. The smallest absolute Gasteiger partial charge is 0.219 e. The van der Waals surface area contributed by atoms with Gasteiger partial charge >= 0.3 is 0 Å². The molecule has 2 fully saturated rings. The maximum atomic E-state index is 12.4. The first-order chi connectivity index (χ1) is 14.1. The lowest BCUT2D eigenvalue weighted by atomic mass is 9.86. The Morgan fingerprint density at radius 3 is 2.21 bits per heavy atom. The van der Waals surface area contributed by atoms with Gasteiger partial charge in [-0.15, -0.1) is 0 Å². The molecule has 5 heteroatoms. The fraction of sp³-hybridized carbons (Fsp3) is 0.458. The van der Waals surface area contributed by atoms with Crippen LogP contribution in [0.25, 0.3) is 0 Å². The van der Waals surface area contributed by atoms with E-state index in [0.717, 1.165) is 44.0 Å². The lowest BCUT2D eigenvalue weighted by molar-refractivity contribution is -0.133. The molecule has 2 aromatic rings. The average molecular weight is 395 g/mol. The third-order valence-corrected chi connectivity index (χ3v) is 6.46. The van der Waals surface area contributed by atoms with Gasteiger partial charge in [0, 0.05) is 38.5 Å². The molecule has 0 saturated carbocycles. The van der Waals surface area contributed by atoms with Gasteiger partial charge in [0.05, 0.1) is 20.3 Å². The summed E-state index contributed by atoms with van der Waals surface area (Å²) in [6.45, 7) is 4.42. The number of ether oxygens (including phenoxy) is 2. The SMILES string of the molecule is COc1ccc(CN2C[C@H](c3ccc(OC)cc3)[C@@H]3[C@H]2CCCN3C(C)=O)cc1. The van der Waals surface area contributed by atoms with Crippen molar-refractivity contribution in [3.05, 3.63) is 59.7 Å². The molecule has 2 aliphatic heterocycles. The Kier molecular flexibility index (Phi) is 5.76. The van der Waals surface area contributed by atoms with Gasteiger partial charge in [0.25, 0.3) is 0 Å². The highest BCUT2D eigenvalue weighted by molar-refractivity contribution is 5.74. The predicted molar refractivity (Wildman–Crippen MR) is 113 cm³/mol. The zero-order valence-corrected chi connectivity index (χ0v) is 17.5. The molecule has 0 aliphatic carbocycles. The van der Waals surface area contributed by atoms with Crippen molar-refractivity contribution < 1.29 is 14.3 Å². The highest BCUT2D eigenvalue weighted by Crippen LogP contribution is 2.41. The van der Waals surface area contributed by atoms with Crippen molar-refractivity contribution in [3.8, 4) is 11.5 Å². The molecule has 29 heavy (non-hydrogen) atoms. The summed E-state index contributed by atoms with van der Waals surface area (Å²) < 4.78 is 10.6. The van der Waals surface area contributed by atoms with E-state index in [2.05, 4.69) is 34.1 Å². The maximum absolute atomic E-state index is 12.4. The summed E-state index contributed by atoms with van der Waals surface area (Å²) in [5.74, 6) is 2.24. The first kappa shape index (κ1) is 19.8. The van der Waals surface area contributed by atoms with Crippen LogP contribution in [0.1, 0.15) is 36.8 Å². The molecule has 0 aromatic heterocycles. The van der Waals surface area contributed by atoms with Crippen LogP contribution in [0.2, 0.25) is 0 Å². The van der Waals surface area contributed by atoms with Crippen LogP contribution in [0.5, 0.6) is 11.5 Å². The molecule has 2 aliphatic rings. The largest absolute Gasteiger partial charge is 0.497 e. The van der Waals surface area contributed by atoms with E-state index in [1.165, 1.54) is 11.1 Å². The second kappa shape index (κ2) is 8.46. The number of carbonyl (C=O) groups excluding carboxylic acids is 1. The molecular formula is C24H30N2O3. The minimum Gasteiger partial charge on any atom is -0.497 e. The van der Waals surface area contributed by atoms with E-state index in [0.29, 0.717) is 12.0 Å². The van der Waals surface area contributed by atoms with Crippen molar-refractivity contribution in [2.75, 3.05) is 27.3 Å². The van der Waals surface area contributed by atoms with E-state index in [-0.39, 0.29) is 11.9 Å². The summed E-state index contributed by atoms with van der Waals surface area (Å²) in [7, 11) is 3.38. The molecule has 2 heterocycles. The summed E-state index contributed by atoms with van der Waals surface area (Å²) in [6.07, 6.45) is 2.20. The number of benzene rings is 2. The van der Waals surface area contributed by atoms with Crippen LogP contribution in [-0.4, -0.2) is 55.1 Å². The first-order valence-electron chi connectivity index (χ1n) is 10.4. The summed E-state index contributed by atoms with van der Waals surface area (Å²) >= 11 is 0. The predicted octanol–water partition coefficient (Wildman–Crippen LogP) is 3.68. The second-order valence-electron chi connectivity index (χ2n) is 8.07. The minimum atomic E-state index is 0.185. The van der Waals surface area contributed by atoms with E-state index in [9.17, 15) is 4.79 Å². The zero-order valence-electron chi connectivity index (χ0n) is 17.5. The molecule has 3 atom stereocenters. The lowest BCUT2D eigenvalue weighted by Gasteiger charge is -2.41. The number of amides is 1. The second-order valence-corrected chi connectivity index (χ2v) is 8.07. The number of hydrogen-bond donors (Lipinski definition) is 0. The van der Waals surface area contributed by atoms with Crippen LogP contribution < -0.4 is 9.47 Å². The Balaban J connectivity index is 1.62. The molecule has 0 bridgehead atoms. The van der Waals surface area contributed by atoms with Crippen LogP contribution in [0.4, 0.5) is 0 Å². The molecule has 0 N–H and O–H groups in total. The molecule has 4 rings (SSSR count). The molecule has 1 amide bonds. The van der Waals surface area contributed by atoms with Gasteiger partial charge in [-0.25, -0.2) is 0 Å². The molecule has 154 valence electrons. The molecule has 0 radical (unpaired) electrons. The molecule has 2 saturated heterocycles. The van der Waals surface area contributed by atoms with Crippen LogP contribution >= 0.6 is 0 Å². The van der Waals surface area contributed by atoms with E-state index in [4.69, 9.17) is 9.47 Å². The number of nitrogens with zero attached hydrogens (tertiary/aromatic N) is 2. The van der Waals surface area contributed by atoms with Gasteiger partial charge in [-0.3, -0.25) is 9.69 Å². The summed E-state index contributed by atoms with van der Waals surface area (Å²) in [6, 6.07) is 17.3. The van der Waals surface area contributed by atoms with Crippen molar-refractivity contribution in [2.45, 2.75) is 44.3 Å². The van der Waals surface area contributed by atoms with Gasteiger partial charge in [0.15, 0.2) is 0 Å². The zero-order chi connectivity index (χ0) is 20.4. The number of hydrogen-bond acceptors (Lipinski definition) is 4. The van der Waals surface area contributed by atoms with Crippen molar-refractivity contribution in [1.29, 1.82) is 0 Å². The third-order valence-electron chi connectivity index (χ3n) is 6.46. The van der Waals surface area contributed by atoms with Crippen molar-refractivity contribution in [1.82, 2.24) is 9.80 Å². The van der Waals surface area contributed by atoms with Gasteiger partial charge in [-0.1, -0.05) is 24.3 Å². The minimum absolute atomic E-state index is 0.185. The normalized spacial score (nSPS) is 24.2. The summed E-state index contributed by atoms with van der Waals surface area (Å²) in [4.78, 5) is 17.1. The Morgan fingerprint density at radius 1 is 1.00 bits per heavy atom. The van der Waals surface area contributed by atoms with E-state index >= 15 is 0 Å². The van der Waals surface area contributed by atoms with Crippen LogP contribution in [0, 0.1) is 0 Å². The number of likely N-dealkylation sites (tertiary alicyclic amines) is 2. The standard InChI is InChI=1S/C24H30N2O3/c1-17(27)26-14-4-5-23-24(26)22(19-8-12-21(29-3)13-9-19)16-25(23)15-18-6-10-20(28-2)11-7-18/h6-13,22-24H,4-5,14-16H2,1-3H3/t22-,23-,24-/m1/s1. The highest BCUT2D eigenvalue weighted by atomic mass is 16.5. The summed E-state index contributed by atoms with van der Waals surface area (Å²) in [5.41, 5.74) is 2.56. The van der Waals surface area contributed by atoms with Crippen molar-refractivity contribution in [2.24, 2.45) is 0 Å². The number of fused-ring (bicyclic) bond motifs is 1. The van der Waals surface area contributed by atoms with E-state index < -0.39 is 0 Å². The topological polar surface area (TPSA) is 42.0 Å². The third kappa shape index (κ3) is 3.97. The number of rotatable bonds is 5. The Hall–Kier alpha value is -2.53. The number of methoxy groups -OCH3 is 2. The van der Waals surface area contributed by atoms with Gasteiger partial charge in [0.2, 0.25) is 5.91 Å².